The molecule has 0 spiro atoms. The van der Waals surface area contributed by atoms with Gasteiger partial charge in [0.2, 0.25) is 0 Å². The van der Waals surface area contributed by atoms with Crippen molar-refractivity contribution in [2.24, 2.45) is 0 Å². The number of benzene rings is 1. The number of pyridine rings is 1. The number of hydrogen-bond donors (Lipinski definition) is 2. The van der Waals surface area contributed by atoms with E-state index >= 15 is 0 Å². The lowest BCUT2D eigenvalue weighted by molar-refractivity contribution is 0.0526. The molecule has 114 valence electrons. The van der Waals surface area contributed by atoms with Gasteiger partial charge in [0.25, 0.3) is 0 Å². The smallest absolute Gasteiger partial charge is 0.338 e. The Morgan fingerprint density at radius 2 is 1.86 bits per heavy atom. The van der Waals surface area contributed by atoms with Crippen LogP contribution in [-0.2, 0) is 11.3 Å². The zero-order valence-corrected chi connectivity index (χ0v) is 12.5. The zero-order valence-electron chi connectivity index (χ0n) is 12.5. The van der Waals surface area contributed by atoms with Gasteiger partial charge in [-0.25, -0.2) is 4.79 Å². The molecule has 0 aliphatic rings. The Bertz CT molecular complexity index is 624. The molecule has 0 amide bonds. The number of anilines is 1. The zero-order chi connectivity index (χ0) is 15.8. The summed E-state index contributed by atoms with van der Waals surface area (Å²) in [6.07, 6.45) is 3.50. The van der Waals surface area contributed by atoms with Crippen LogP contribution in [0.4, 0.5) is 5.69 Å². The van der Waals surface area contributed by atoms with E-state index in [1.54, 1.807) is 31.5 Å². The van der Waals surface area contributed by atoms with Gasteiger partial charge in [-0.3, -0.25) is 4.98 Å². The molecule has 1 aromatic carbocycles. The third kappa shape index (κ3) is 4.63. The monoisotopic (exact) mass is 297 g/mol. The molecule has 1 heterocycles. The summed E-state index contributed by atoms with van der Waals surface area (Å²) in [5.74, 6) is 0.365. The van der Waals surface area contributed by atoms with Gasteiger partial charge in [0.05, 0.1) is 18.0 Å². The number of aromatic nitrogens is 1. The Balaban J connectivity index is 1.85. The summed E-state index contributed by atoms with van der Waals surface area (Å²) in [5, 5.41) is 6.32. The van der Waals surface area contributed by atoms with Crippen molar-refractivity contribution < 1.29 is 9.53 Å². The van der Waals surface area contributed by atoms with Crippen molar-refractivity contribution in [3.05, 3.63) is 72.3 Å². The molecular formula is C17H19N3O2. The van der Waals surface area contributed by atoms with Crippen LogP contribution in [0.25, 0.3) is 0 Å². The maximum atomic E-state index is 11.6. The van der Waals surface area contributed by atoms with Gasteiger partial charge in [0.1, 0.15) is 0 Å². The number of nitrogens with one attached hydrogen (secondary N) is 2. The second-order valence-electron chi connectivity index (χ2n) is 4.61. The van der Waals surface area contributed by atoms with Crippen molar-refractivity contribution in [2.45, 2.75) is 13.5 Å². The molecule has 2 aromatic rings. The van der Waals surface area contributed by atoms with E-state index in [4.69, 9.17) is 4.74 Å². The minimum Gasteiger partial charge on any atom is -0.462 e. The van der Waals surface area contributed by atoms with Gasteiger partial charge >= 0.3 is 5.97 Å². The van der Waals surface area contributed by atoms with Gasteiger partial charge in [-0.05, 0) is 48.9 Å². The molecular weight excluding hydrogens is 278 g/mol. The van der Waals surface area contributed by atoms with Crippen molar-refractivity contribution in [1.82, 2.24) is 10.3 Å². The molecule has 0 saturated heterocycles. The van der Waals surface area contributed by atoms with Crippen LogP contribution in [0, 0.1) is 0 Å². The quantitative estimate of drug-likeness (QED) is 0.769. The molecule has 0 bridgehead atoms. The van der Waals surface area contributed by atoms with Crippen LogP contribution in [0.1, 0.15) is 22.8 Å². The molecule has 5 nitrogen and oxygen atoms in total. The summed E-state index contributed by atoms with van der Waals surface area (Å²) in [6, 6.07) is 10.9. The van der Waals surface area contributed by atoms with Gasteiger partial charge < -0.3 is 15.4 Å². The third-order valence-electron chi connectivity index (χ3n) is 2.95. The van der Waals surface area contributed by atoms with Gasteiger partial charge in [0, 0.05) is 24.6 Å². The van der Waals surface area contributed by atoms with E-state index in [0.29, 0.717) is 24.5 Å². The Hall–Kier alpha value is -2.82. The summed E-state index contributed by atoms with van der Waals surface area (Å²) < 4.78 is 4.94. The number of ether oxygens (including phenoxy) is 1. The predicted octanol–water partition coefficient (Wildman–Crippen LogP) is 2.93. The highest BCUT2D eigenvalue weighted by atomic mass is 16.5. The molecule has 0 fully saturated rings. The van der Waals surface area contributed by atoms with Crippen molar-refractivity contribution in [1.29, 1.82) is 0 Å². The molecule has 5 heteroatoms. The largest absolute Gasteiger partial charge is 0.462 e. The third-order valence-corrected chi connectivity index (χ3v) is 2.95. The standard InChI is InChI=1S/C17H19N3O2/c1-3-22-17(21)15-4-6-16(7-5-15)20-13(2)19-12-14-8-10-18-11-9-14/h4-11,19-20H,2-3,12H2,1H3. The predicted molar refractivity (Wildman–Crippen MR) is 86.2 cm³/mol. The van der Waals surface area contributed by atoms with E-state index in [2.05, 4.69) is 22.2 Å². The highest BCUT2D eigenvalue weighted by molar-refractivity contribution is 5.89. The summed E-state index contributed by atoms with van der Waals surface area (Å²) >= 11 is 0. The van der Waals surface area contributed by atoms with Crippen molar-refractivity contribution >= 4 is 11.7 Å². The van der Waals surface area contributed by atoms with Crippen LogP contribution in [-0.4, -0.2) is 17.6 Å². The van der Waals surface area contributed by atoms with Crippen LogP contribution in [0.15, 0.2) is 61.2 Å². The van der Waals surface area contributed by atoms with Crippen LogP contribution >= 0.6 is 0 Å². The van der Waals surface area contributed by atoms with Gasteiger partial charge in [-0.15, -0.1) is 0 Å². The first kappa shape index (κ1) is 15.6. The van der Waals surface area contributed by atoms with Crippen LogP contribution in [0.3, 0.4) is 0 Å². The molecule has 0 aliphatic carbocycles. The van der Waals surface area contributed by atoms with Crippen molar-refractivity contribution in [3.8, 4) is 0 Å². The average molecular weight is 297 g/mol. The number of carbonyl (C=O) groups excluding carboxylic acids is 1. The fourth-order valence-electron chi connectivity index (χ4n) is 1.83. The molecule has 22 heavy (non-hydrogen) atoms. The lowest BCUT2D eigenvalue weighted by Gasteiger charge is -2.12. The fourth-order valence-corrected chi connectivity index (χ4v) is 1.83. The summed E-state index contributed by atoms with van der Waals surface area (Å²) in [6.45, 7) is 6.74. The molecule has 0 radical (unpaired) electrons. The highest BCUT2D eigenvalue weighted by Gasteiger charge is 2.05. The van der Waals surface area contributed by atoms with Crippen LogP contribution in [0.2, 0.25) is 0 Å². The SMILES string of the molecule is C=C(NCc1ccncc1)Nc1ccc(C(=O)OCC)cc1. The van der Waals surface area contributed by atoms with Gasteiger partial charge in [-0.1, -0.05) is 6.58 Å². The fraction of sp³-hybridized carbons (Fsp3) is 0.176. The Kier molecular flexibility index (Phi) is 5.54. The van der Waals surface area contributed by atoms with E-state index in [-0.39, 0.29) is 5.97 Å². The number of esters is 1. The minimum atomic E-state index is -0.316. The maximum Gasteiger partial charge on any atom is 0.338 e. The van der Waals surface area contributed by atoms with E-state index < -0.39 is 0 Å². The second-order valence-corrected chi connectivity index (χ2v) is 4.61. The normalized spacial score (nSPS) is 9.86. The molecule has 0 unspecified atom stereocenters. The van der Waals surface area contributed by atoms with Crippen LogP contribution < -0.4 is 10.6 Å². The summed E-state index contributed by atoms with van der Waals surface area (Å²) in [7, 11) is 0. The lowest BCUT2D eigenvalue weighted by Crippen LogP contribution is -2.18. The second kappa shape index (κ2) is 7.83. The highest BCUT2D eigenvalue weighted by Crippen LogP contribution is 2.12. The van der Waals surface area contributed by atoms with Gasteiger partial charge in [0.15, 0.2) is 0 Å². The van der Waals surface area contributed by atoms with E-state index in [0.717, 1.165) is 11.3 Å². The first-order valence-corrected chi connectivity index (χ1v) is 7.05. The molecule has 0 atom stereocenters. The van der Waals surface area contributed by atoms with E-state index in [1.165, 1.54) is 0 Å². The van der Waals surface area contributed by atoms with Crippen LogP contribution in [0.5, 0.6) is 0 Å². The van der Waals surface area contributed by atoms with Gasteiger partial charge in [-0.2, -0.15) is 0 Å². The summed E-state index contributed by atoms with van der Waals surface area (Å²) in [4.78, 5) is 15.5. The summed E-state index contributed by atoms with van der Waals surface area (Å²) in [5.41, 5.74) is 2.50. The molecule has 2 rings (SSSR count). The first-order chi connectivity index (χ1) is 10.7. The minimum absolute atomic E-state index is 0.316. The van der Waals surface area contributed by atoms with Crippen molar-refractivity contribution in [2.75, 3.05) is 11.9 Å². The average Bonchev–Trinajstić information content (AvgIpc) is 2.55. The van der Waals surface area contributed by atoms with Crippen molar-refractivity contribution in [3.63, 3.8) is 0 Å². The molecule has 2 N–H and O–H groups in total. The number of carbonyl (C=O) groups is 1. The number of nitrogens with zero attached hydrogens (tertiary/aromatic N) is 1. The topological polar surface area (TPSA) is 63.2 Å². The Morgan fingerprint density at radius 1 is 1.18 bits per heavy atom. The first-order valence-electron chi connectivity index (χ1n) is 7.05. The lowest BCUT2D eigenvalue weighted by atomic mass is 10.2. The Labute approximate surface area is 130 Å². The number of rotatable bonds is 7. The molecule has 0 saturated carbocycles. The van der Waals surface area contributed by atoms with E-state index in [1.807, 2.05) is 24.3 Å². The molecule has 0 aliphatic heterocycles. The molecule has 1 aromatic heterocycles. The number of hydrogen-bond acceptors (Lipinski definition) is 5. The maximum absolute atomic E-state index is 11.6. The Morgan fingerprint density at radius 3 is 2.50 bits per heavy atom. The van der Waals surface area contributed by atoms with E-state index in [9.17, 15) is 4.79 Å².